The van der Waals surface area contributed by atoms with Crippen LogP contribution in [0.1, 0.15) is 26.3 Å². The number of carbonyl (C=O) groups excluding carboxylic acids is 2. The molecule has 0 radical (unpaired) electrons. The van der Waals surface area contributed by atoms with Gasteiger partial charge in [-0.2, -0.15) is 0 Å². The average Bonchev–Trinajstić information content (AvgIpc) is 2.72. The van der Waals surface area contributed by atoms with Gasteiger partial charge >= 0.3 is 0 Å². The second-order valence-corrected chi connectivity index (χ2v) is 6.07. The van der Waals surface area contributed by atoms with Crippen molar-refractivity contribution in [2.75, 3.05) is 13.7 Å². The molecule has 0 unspecified atom stereocenters. The number of hydrogen-bond acceptors (Lipinski definition) is 4. The maximum atomic E-state index is 12.4. The molecule has 0 saturated carbocycles. The highest BCUT2D eigenvalue weighted by molar-refractivity contribution is 6.01. The molecule has 3 aromatic rings. The molecule has 0 atom stereocenters. The molecular formula is C21H20N2O4. The van der Waals surface area contributed by atoms with E-state index in [1.807, 2.05) is 24.3 Å². The van der Waals surface area contributed by atoms with E-state index in [0.29, 0.717) is 17.7 Å². The molecule has 0 aliphatic heterocycles. The van der Waals surface area contributed by atoms with E-state index < -0.39 is 5.91 Å². The fourth-order valence-electron chi connectivity index (χ4n) is 2.81. The van der Waals surface area contributed by atoms with Gasteiger partial charge in [0, 0.05) is 17.7 Å². The molecule has 2 amide bonds. The molecule has 0 aliphatic rings. The summed E-state index contributed by atoms with van der Waals surface area (Å²) in [6.07, 6.45) is 0.725. The second-order valence-electron chi connectivity index (χ2n) is 6.07. The maximum Gasteiger partial charge on any atom is 0.274 e. The number of ether oxygens (including phenoxy) is 1. The van der Waals surface area contributed by atoms with Crippen LogP contribution < -0.4 is 15.5 Å². The zero-order valence-electron chi connectivity index (χ0n) is 14.9. The number of hydroxylamine groups is 1. The van der Waals surface area contributed by atoms with Crippen molar-refractivity contribution in [2.24, 2.45) is 0 Å². The lowest BCUT2D eigenvalue weighted by Crippen LogP contribution is -2.25. The minimum Gasteiger partial charge on any atom is -0.497 e. The van der Waals surface area contributed by atoms with Crippen LogP contribution in [0.3, 0.4) is 0 Å². The Morgan fingerprint density at radius 2 is 1.48 bits per heavy atom. The first-order valence-electron chi connectivity index (χ1n) is 8.50. The number of carbonyl (C=O) groups is 2. The number of benzene rings is 3. The number of methoxy groups -OCH3 is 1. The normalized spacial score (nSPS) is 10.4. The van der Waals surface area contributed by atoms with Gasteiger partial charge in [-0.15, -0.1) is 0 Å². The molecule has 0 spiro atoms. The van der Waals surface area contributed by atoms with Crippen molar-refractivity contribution in [1.29, 1.82) is 0 Å². The molecule has 6 nitrogen and oxygen atoms in total. The number of nitrogens with one attached hydrogen (secondary N) is 2. The van der Waals surface area contributed by atoms with E-state index in [1.54, 1.807) is 49.0 Å². The molecule has 3 aromatic carbocycles. The molecule has 0 heterocycles. The Kier molecular flexibility index (Phi) is 5.68. The van der Waals surface area contributed by atoms with Crippen molar-refractivity contribution in [2.45, 2.75) is 6.42 Å². The van der Waals surface area contributed by atoms with Gasteiger partial charge in [0.25, 0.3) is 11.8 Å². The lowest BCUT2D eigenvalue weighted by Gasteiger charge is -2.08. The molecule has 0 aromatic heterocycles. The van der Waals surface area contributed by atoms with E-state index in [-0.39, 0.29) is 5.91 Å². The van der Waals surface area contributed by atoms with Crippen molar-refractivity contribution in [1.82, 2.24) is 10.8 Å². The Morgan fingerprint density at radius 3 is 2.04 bits per heavy atom. The van der Waals surface area contributed by atoms with Gasteiger partial charge < -0.3 is 10.1 Å². The average molecular weight is 364 g/mol. The molecule has 3 N–H and O–H groups in total. The Balaban J connectivity index is 1.63. The molecule has 0 fully saturated rings. The van der Waals surface area contributed by atoms with E-state index >= 15 is 0 Å². The minimum atomic E-state index is -0.572. The van der Waals surface area contributed by atoms with Crippen molar-refractivity contribution in [3.8, 4) is 5.75 Å². The molecule has 27 heavy (non-hydrogen) atoms. The molecule has 138 valence electrons. The van der Waals surface area contributed by atoms with Crippen molar-refractivity contribution >= 4 is 22.6 Å². The second kappa shape index (κ2) is 8.33. The highest BCUT2D eigenvalue weighted by atomic mass is 16.5. The quantitative estimate of drug-likeness (QED) is 0.464. The fourth-order valence-corrected chi connectivity index (χ4v) is 2.81. The molecule has 0 aliphatic carbocycles. The van der Waals surface area contributed by atoms with Gasteiger partial charge in [-0.1, -0.05) is 24.3 Å². The Hall–Kier alpha value is -3.38. The minimum absolute atomic E-state index is 0.150. The zero-order chi connectivity index (χ0) is 19.2. The van der Waals surface area contributed by atoms with Gasteiger partial charge in [-0.25, -0.2) is 5.48 Å². The lowest BCUT2D eigenvalue weighted by atomic mass is 10.0. The molecule has 6 heteroatoms. The Bertz CT molecular complexity index is 968. The number of hydrogen-bond donors (Lipinski definition) is 3. The van der Waals surface area contributed by atoms with Crippen LogP contribution >= 0.6 is 0 Å². The summed E-state index contributed by atoms with van der Waals surface area (Å²) >= 11 is 0. The first-order chi connectivity index (χ1) is 13.1. The third kappa shape index (κ3) is 4.43. The van der Waals surface area contributed by atoms with E-state index in [9.17, 15) is 9.59 Å². The summed E-state index contributed by atoms with van der Waals surface area (Å²) in [7, 11) is 1.63. The summed E-state index contributed by atoms with van der Waals surface area (Å²) in [5, 5.41) is 13.3. The number of rotatable bonds is 6. The Labute approximate surface area is 156 Å². The van der Waals surface area contributed by atoms with Crippen molar-refractivity contribution in [3.63, 3.8) is 0 Å². The first kappa shape index (κ1) is 18.4. The summed E-state index contributed by atoms with van der Waals surface area (Å²) in [5.41, 5.74) is 3.62. The van der Waals surface area contributed by atoms with Crippen LogP contribution in [0.2, 0.25) is 0 Å². The van der Waals surface area contributed by atoms with Gasteiger partial charge in [0.15, 0.2) is 0 Å². The Morgan fingerprint density at radius 1 is 0.889 bits per heavy atom. The van der Waals surface area contributed by atoms with Crippen LogP contribution in [0.25, 0.3) is 10.8 Å². The van der Waals surface area contributed by atoms with Crippen LogP contribution in [0.4, 0.5) is 0 Å². The third-order valence-electron chi connectivity index (χ3n) is 4.32. The van der Waals surface area contributed by atoms with Crippen LogP contribution in [0.15, 0.2) is 60.7 Å². The lowest BCUT2D eigenvalue weighted by molar-refractivity contribution is 0.0706. The molecular weight excluding hydrogens is 344 g/mol. The summed E-state index contributed by atoms with van der Waals surface area (Å²) < 4.78 is 5.13. The first-order valence-corrected chi connectivity index (χ1v) is 8.50. The fraction of sp³-hybridized carbons (Fsp3) is 0.143. The van der Waals surface area contributed by atoms with E-state index in [0.717, 1.165) is 28.5 Å². The molecule has 3 rings (SSSR count). The number of amides is 2. The molecule has 0 saturated heterocycles. The number of fused-ring (bicyclic) bond motifs is 1. The van der Waals surface area contributed by atoms with Crippen LogP contribution in [0.5, 0.6) is 5.75 Å². The van der Waals surface area contributed by atoms with E-state index in [4.69, 9.17) is 9.94 Å². The smallest absolute Gasteiger partial charge is 0.274 e. The highest BCUT2D eigenvalue weighted by Crippen LogP contribution is 2.18. The van der Waals surface area contributed by atoms with Crippen molar-refractivity contribution in [3.05, 3.63) is 77.4 Å². The standard InChI is InChI=1S/C21H20N2O4/c1-27-19-8-2-14(3-9-19)10-11-22-20(24)17-6-4-16-13-18(21(25)23-26)7-5-15(16)12-17/h2-9,12-13,26H,10-11H2,1H3,(H,22,24)(H,23,25). The summed E-state index contributed by atoms with van der Waals surface area (Å²) in [6, 6.07) is 18.0. The van der Waals surface area contributed by atoms with Gasteiger partial charge in [0.1, 0.15) is 5.75 Å². The molecule has 0 bridgehead atoms. The predicted molar refractivity (Wildman–Crippen MR) is 102 cm³/mol. The predicted octanol–water partition coefficient (Wildman–Crippen LogP) is 2.94. The topological polar surface area (TPSA) is 87.7 Å². The van der Waals surface area contributed by atoms with Crippen LogP contribution in [-0.2, 0) is 6.42 Å². The summed E-state index contributed by atoms with van der Waals surface area (Å²) in [5.74, 6) is 0.0819. The van der Waals surface area contributed by atoms with Gasteiger partial charge in [-0.3, -0.25) is 14.8 Å². The highest BCUT2D eigenvalue weighted by Gasteiger charge is 2.09. The monoisotopic (exact) mass is 364 g/mol. The summed E-state index contributed by atoms with van der Waals surface area (Å²) in [4.78, 5) is 23.8. The van der Waals surface area contributed by atoms with E-state index in [1.165, 1.54) is 0 Å². The summed E-state index contributed by atoms with van der Waals surface area (Å²) in [6.45, 7) is 0.527. The maximum absolute atomic E-state index is 12.4. The van der Waals surface area contributed by atoms with Gasteiger partial charge in [-0.05, 0) is 59.2 Å². The van der Waals surface area contributed by atoms with Crippen LogP contribution in [-0.4, -0.2) is 30.7 Å². The van der Waals surface area contributed by atoms with Gasteiger partial charge in [0.2, 0.25) is 0 Å². The zero-order valence-corrected chi connectivity index (χ0v) is 14.9. The SMILES string of the molecule is COc1ccc(CCNC(=O)c2ccc3cc(C(=O)NO)ccc3c2)cc1. The largest absolute Gasteiger partial charge is 0.497 e. The van der Waals surface area contributed by atoms with Crippen LogP contribution in [0, 0.1) is 0 Å². The van der Waals surface area contributed by atoms with Gasteiger partial charge in [0.05, 0.1) is 7.11 Å². The van der Waals surface area contributed by atoms with Crippen molar-refractivity contribution < 1.29 is 19.5 Å². The third-order valence-corrected chi connectivity index (χ3v) is 4.32. The van der Waals surface area contributed by atoms with E-state index in [2.05, 4.69) is 5.32 Å².